The molecule has 2 fully saturated rings. The summed E-state index contributed by atoms with van der Waals surface area (Å²) in [5.74, 6) is -0.971. The van der Waals surface area contributed by atoms with Crippen LogP contribution in [0, 0.1) is 0 Å². The smallest absolute Gasteiger partial charge is 0.306 e. The molecule has 0 saturated carbocycles. The van der Waals surface area contributed by atoms with Crippen molar-refractivity contribution in [3.63, 3.8) is 0 Å². The van der Waals surface area contributed by atoms with Crippen molar-refractivity contribution in [2.24, 2.45) is 0 Å². The fraction of sp³-hybridized carbons (Fsp3) is 0.804. The number of hydrogen-bond acceptors (Lipinski definition) is 15. The second-order valence-electron chi connectivity index (χ2n) is 17.6. The van der Waals surface area contributed by atoms with E-state index in [9.17, 15) is 45.3 Å². The van der Waals surface area contributed by atoms with Crippen molar-refractivity contribution in [1.29, 1.82) is 0 Å². The average molecular weight is 941 g/mol. The summed E-state index contributed by atoms with van der Waals surface area (Å²) >= 11 is 0. The Kier molecular flexibility index (Phi) is 34.6. The van der Waals surface area contributed by atoms with Gasteiger partial charge in [0, 0.05) is 12.8 Å². The van der Waals surface area contributed by atoms with Gasteiger partial charge in [-0.3, -0.25) is 9.59 Å². The molecule has 0 radical (unpaired) electrons. The van der Waals surface area contributed by atoms with E-state index >= 15 is 0 Å². The molecule has 382 valence electrons. The number of carbonyl (C=O) groups is 2. The molecule has 4 unspecified atom stereocenters. The number of rotatable bonds is 38. The summed E-state index contributed by atoms with van der Waals surface area (Å²) in [4.78, 5) is 25.7. The lowest BCUT2D eigenvalue weighted by Gasteiger charge is -2.42. The Balaban J connectivity index is 1.83. The van der Waals surface area contributed by atoms with Gasteiger partial charge in [-0.1, -0.05) is 127 Å². The quantitative estimate of drug-likeness (QED) is 0.0194. The maximum Gasteiger partial charge on any atom is 0.306 e. The monoisotopic (exact) mass is 941 g/mol. The molecule has 15 nitrogen and oxygen atoms in total. The zero-order valence-corrected chi connectivity index (χ0v) is 40.2. The second-order valence-corrected chi connectivity index (χ2v) is 17.6. The van der Waals surface area contributed by atoms with Crippen LogP contribution in [-0.2, 0) is 38.0 Å². The van der Waals surface area contributed by atoms with Gasteiger partial charge in [-0.15, -0.1) is 0 Å². The van der Waals surface area contributed by atoms with Crippen LogP contribution in [0.15, 0.2) is 48.6 Å². The highest BCUT2D eigenvalue weighted by Crippen LogP contribution is 2.26. The van der Waals surface area contributed by atoms with Gasteiger partial charge < -0.3 is 64.2 Å². The fourth-order valence-corrected chi connectivity index (χ4v) is 7.57. The lowest BCUT2D eigenvalue weighted by atomic mass is 9.98. The molecular formula is C51H88O15. The molecule has 0 aromatic heterocycles. The minimum Gasteiger partial charge on any atom is -0.462 e. The van der Waals surface area contributed by atoms with Gasteiger partial charge in [0.1, 0.15) is 55.4 Å². The number of aliphatic hydroxyl groups excluding tert-OH is 7. The van der Waals surface area contributed by atoms with Gasteiger partial charge >= 0.3 is 11.9 Å². The van der Waals surface area contributed by atoms with E-state index in [0.29, 0.717) is 12.8 Å². The number of ether oxygens (including phenoxy) is 6. The standard InChI is InChI=1S/C51H88O15/c1-3-5-7-9-11-13-15-17-18-19-20-22-23-25-27-29-31-33-42(53)61-36-39(64-43(54)34-32-30-28-26-24-21-16-14-12-10-8-6-4-2)37-62-50-49(60)47(58)45(56)41(66-50)38-63-51-48(59)46(57)44(55)40(35-52)65-51/h11,13,17-18,20-22,24,39-41,44-52,55-60H,3-10,12,14-16,19,23,25-38H2,1-2H3/b13-11+,18-17+,22-20+,24-21+/t39-,40+,41+,44-,45-,46?,47?,48?,49?,50+,51+/m0/s1. The first-order valence-corrected chi connectivity index (χ1v) is 25.2. The van der Waals surface area contributed by atoms with Gasteiger partial charge in [0.15, 0.2) is 18.7 Å². The van der Waals surface area contributed by atoms with Gasteiger partial charge in [-0.05, 0) is 77.0 Å². The molecule has 0 bridgehead atoms. The summed E-state index contributed by atoms with van der Waals surface area (Å²) in [6.45, 7) is 2.50. The third kappa shape index (κ3) is 26.3. The molecule has 11 atom stereocenters. The first-order valence-electron chi connectivity index (χ1n) is 25.2. The Morgan fingerprint density at radius 3 is 1.48 bits per heavy atom. The van der Waals surface area contributed by atoms with Crippen molar-refractivity contribution in [2.45, 2.75) is 235 Å². The van der Waals surface area contributed by atoms with Crippen LogP contribution in [0.1, 0.15) is 168 Å². The van der Waals surface area contributed by atoms with Crippen molar-refractivity contribution >= 4 is 11.9 Å². The minimum absolute atomic E-state index is 0.138. The molecule has 0 aromatic rings. The summed E-state index contributed by atoms with van der Waals surface area (Å²) in [6.07, 6.45) is 24.3. The Labute approximate surface area is 395 Å². The van der Waals surface area contributed by atoms with E-state index in [1.807, 2.05) is 0 Å². The largest absolute Gasteiger partial charge is 0.462 e. The second kappa shape index (κ2) is 38.3. The van der Waals surface area contributed by atoms with E-state index in [0.717, 1.165) is 70.6 Å². The molecule has 2 heterocycles. The van der Waals surface area contributed by atoms with E-state index in [2.05, 4.69) is 62.5 Å². The normalized spacial score (nSPS) is 26.6. The predicted octanol–water partition coefficient (Wildman–Crippen LogP) is 6.71. The fourth-order valence-electron chi connectivity index (χ4n) is 7.57. The molecule has 15 heteroatoms. The van der Waals surface area contributed by atoms with Gasteiger partial charge in [-0.25, -0.2) is 0 Å². The molecule has 2 aliphatic rings. The maximum atomic E-state index is 13.0. The summed E-state index contributed by atoms with van der Waals surface area (Å²) in [5, 5.41) is 72.0. The number of allylic oxidation sites excluding steroid dienone is 8. The highest BCUT2D eigenvalue weighted by Gasteiger charge is 2.47. The van der Waals surface area contributed by atoms with Crippen molar-refractivity contribution in [2.75, 3.05) is 26.4 Å². The van der Waals surface area contributed by atoms with E-state index < -0.39 is 99.3 Å². The van der Waals surface area contributed by atoms with Crippen LogP contribution < -0.4 is 0 Å². The summed E-state index contributed by atoms with van der Waals surface area (Å²) in [5.41, 5.74) is 0. The van der Waals surface area contributed by atoms with Crippen LogP contribution in [0.3, 0.4) is 0 Å². The lowest BCUT2D eigenvalue weighted by Crippen LogP contribution is -2.61. The molecule has 66 heavy (non-hydrogen) atoms. The van der Waals surface area contributed by atoms with Crippen LogP contribution in [0.25, 0.3) is 0 Å². The number of hydrogen-bond donors (Lipinski definition) is 7. The predicted molar refractivity (Wildman–Crippen MR) is 252 cm³/mol. The van der Waals surface area contributed by atoms with E-state index in [1.54, 1.807) is 0 Å². The molecule has 0 aliphatic carbocycles. The number of unbranched alkanes of at least 4 members (excludes halogenated alkanes) is 16. The average Bonchev–Trinajstić information content (AvgIpc) is 3.31. The molecule has 7 N–H and O–H groups in total. The van der Waals surface area contributed by atoms with E-state index in [4.69, 9.17) is 28.4 Å². The Morgan fingerprint density at radius 1 is 0.485 bits per heavy atom. The summed E-state index contributed by atoms with van der Waals surface area (Å²) < 4.78 is 33.5. The van der Waals surface area contributed by atoms with Crippen LogP contribution in [0.4, 0.5) is 0 Å². The zero-order valence-electron chi connectivity index (χ0n) is 40.2. The van der Waals surface area contributed by atoms with Crippen molar-refractivity contribution in [3.05, 3.63) is 48.6 Å². The van der Waals surface area contributed by atoms with Gasteiger partial charge in [0.25, 0.3) is 0 Å². The molecule has 2 rings (SSSR count). The molecule has 0 amide bonds. The third-order valence-corrected chi connectivity index (χ3v) is 11.8. The highest BCUT2D eigenvalue weighted by atomic mass is 16.7. The van der Waals surface area contributed by atoms with Crippen molar-refractivity contribution in [1.82, 2.24) is 0 Å². The van der Waals surface area contributed by atoms with Gasteiger partial charge in [-0.2, -0.15) is 0 Å². The molecule has 2 aliphatic heterocycles. The van der Waals surface area contributed by atoms with E-state index in [1.165, 1.54) is 57.8 Å². The van der Waals surface area contributed by atoms with Gasteiger partial charge in [0.05, 0.1) is 19.8 Å². The molecule has 2 saturated heterocycles. The molecule has 0 aromatic carbocycles. The highest BCUT2D eigenvalue weighted by molar-refractivity contribution is 5.70. The maximum absolute atomic E-state index is 13.0. The minimum atomic E-state index is -1.77. The Morgan fingerprint density at radius 2 is 0.909 bits per heavy atom. The SMILES string of the molecule is CCCCC/C=C/C/C=C/C/C=C/CCCCCCC(=O)OC[C@@H](CO[C@@H]1O[C@H](CO[C@@H]2O[C@H](CO)[C@H](O)C(O)C2O)[C@H](O)C(O)C1O)OC(=O)CCCCC/C=C/CCCCCCCC. The topological polar surface area (TPSA) is 231 Å². The van der Waals surface area contributed by atoms with Crippen molar-refractivity contribution in [3.8, 4) is 0 Å². The molecular weight excluding hydrogens is 853 g/mol. The number of esters is 2. The van der Waals surface area contributed by atoms with Gasteiger partial charge in [0.2, 0.25) is 0 Å². The Bertz CT molecular complexity index is 1340. The van der Waals surface area contributed by atoms with E-state index in [-0.39, 0.29) is 19.4 Å². The van der Waals surface area contributed by atoms with Crippen LogP contribution >= 0.6 is 0 Å². The third-order valence-electron chi connectivity index (χ3n) is 11.8. The lowest BCUT2D eigenvalue weighted by molar-refractivity contribution is -0.332. The van der Waals surface area contributed by atoms with Crippen LogP contribution in [0.2, 0.25) is 0 Å². The zero-order chi connectivity index (χ0) is 48.2. The Hall–Kier alpha value is -2.54. The number of aliphatic hydroxyl groups is 7. The number of carbonyl (C=O) groups excluding carboxylic acids is 2. The molecule has 0 spiro atoms. The first kappa shape index (κ1) is 59.6. The van der Waals surface area contributed by atoms with Crippen LogP contribution in [0.5, 0.6) is 0 Å². The summed E-state index contributed by atoms with van der Waals surface area (Å²) in [7, 11) is 0. The first-order chi connectivity index (χ1) is 32.0. The van der Waals surface area contributed by atoms with Crippen molar-refractivity contribution < 1.29 is 73.8 Å². The van der Waals surface area contributed by atoms with Crippen LogP contribution in [-0.4, -0.2) is 142 Å². The summed E-state index contributed by atoms with van der Waals surface area (Å²) in [6, 6.07) is 0.